The van der Waals surface area contributed by atoms with Crippen molar-refractivity contribution in [2.45, 2.75) is 38.5 Å². The van der Waals surface area contributed by atoms with Crippen LogP contribution in [0, 0.1) is 20.8 Å². The highest BCUT2D eigenvalue weighted by atomic mass is 32.2. The van der Waals surface area contributed by atoms with Crippen molar-refractivity contribution in [2.75, 3.05) is 39.5 Å². The molecule has 0 spiro atoms. The summed E-state index contributed by atoms with van der Waals surface area (Å²) in [5.41, 5.74) is 4.52. The number of carbonyl (C=O) groups is 2. The Bertz CT molecular complexity index is 1600. The smallest absolute Gasteiger partial charge is 0.251 e. The molecule has 0 aliphatic rings. The normalized spacial score (nSPS) is 11.4. The predicted octanol–water partition coefficient (Wildman–Crippen LogP) is 5.94. The largest absolute Gasteiger partial charge is 0.497 e. The molecule has 2 amide bonds. The standard InChI is InChI=1S/C34H38N4O6S/c1-21-10-8-9-11-24(21)19-38(30(39)20-45-34-35-22(2)16-23(3)36-34)31(33(40)37-26-12-14-27(41-4)15-13-26)25-17-28(42-5)32(44-7)29(18-25)43-6/h8-18,31H,19-20H2,1-7H3,(H,37,40). The minimum atomic E-state index is -1.09. The van der Waals surface area contributed by atoms with Crippen molar-refractivity contribution in [1.82, 2.24) is 14.9 Å². The first kappa shape index (κ1) is 33.1. The molecule has 10 nitrogen and oxygen atoms in total. The Morgan fingerprint density at radius 1 is 0.822 bits per heavy atom. The van der Waals surface area contributed by atoms with E-state index in [-0.39, 0.29) is 18.2 Å². The molecule has 4 rings (SSSR count). The molecule has 0 fully saturated rings. The molecule has 1 unspecified atom stereocenters. The number of hydrogen-bond donors (Lipinski definition) is 1. The SMILES string of the molecule is COc1ccc(NC(=O)C(c2cc(OC)c(OC)c(OC)c2)N(Cc2ccccc2C)C(=O)CSc2nc(C)cc(C)n2)cc1. The summed E-state index contributed by atoms with van der Waals surface area (Å²) >= 11 is 1.23. The third-order valence-corrected chi connectivity index (χ3v) is 7.96. The molecule has 3 aromatic carbocycles. The summed E-state index contributed by atoms with van der Waals surface area (Å²) < 4.78 is 22.1. The second-order valence-electron chi connectivity index (χ2n) is 10.2. The quantitative estimate of drug-likeness (QED) is 0.142. The summed E-state index contributed by atoms with van der Waals surface area (Å²) in [7, 11) is 6.09. The first-order chi connectivity index (χ1) is 21.7. The van der Waals surface area contributed by atoms with Crippen LogP contribution in [0.1, 0.15) is 34.1 Å². The van der Waals surface area contributed by atoms with E-state index >= 15 is 0 Å². The van der Waals surface area contributed by atoms with Gasteiger partial charge < -0.3 is 29.2 Å². The van der Waals surface area contributed by atoms with Crippen LogP contribution >= 0.6 is 11.8 Å². The predicted molar refractivity (Wildman–Crippen MR) is 174 cm³/mol. The Balaban J connectivity index is 1.82. The van der Waals surface area contributed by atoms with E-state index in [1.54, 1.807) is 48.4 Å². The van der Waals surface area contributed by atoms with E-state index in [4.69, 9.17) is 18.9 Å². The van der Waals surface area contributed by atoms with Crippen molar-refractivity contribution < 1.29 is 28.5 Å². The zero-order chi connectivity index (χ0) is 32.5. The van der Waals surface area contributed by atoms with Gasteiger partial charge in [-0.2, -0.15) is 0 Å². The topological polar surface area (TPSA) is 112 Å². The highest BCUT2D eigenvalue weighted by Crippen LogP contribution is 2.41. The third-order valence-electron chi connectivity index (χ3n) is 7.13. The summed E-state index contributed by atoms with van der Waals surface area (Å²) in [4.78, 5) is 39.1. The number of rotatable bonds is 13. The number of aromatic nitrogens is 2. The molecule has 45 heavy (non-hydrogen) atoms. The van der Waals surface area contributed by atoms with Crippen molar-refractivity contribution in [3.05, 3.63) is 94.8 Å². The zero-order valence-corrected chi connectivity index (χ0v) is 27.4. The Morgan fingerprint density at radius 3 is 2.00 bits per heavy atom. The van der Waals surface area contributed by atoms with E-state index in [1.807, 2.05) is 51.1 Å². The van der Waals surface area contributed by atoms with Gasteiger partial charge in [0.05, 0.1) is 34.2 Å². The maximum Gasteiger partial charge on any atom is 0.251 e. The fourth-order valence-corrected chi connectivity index (χ4v) is 5.71. The van der Waals surface area contributed by atoms with Gasteiger partial charge in [-0.05, 0) is 79.9 Å². The van der Waals surface area contributed by atoms with Crippen LogP contribution in [0.2, 0.25) is 0 Å². The lowest BCUT2D eigenvalue weighted by molar-refractivity contribution is -0.137. The van der Waals surface area contributed by atoms with Crippen LogP contribution in [0.5, 0.6) is 23.0 Å². The van der Waals surface area contributed by atoms with Gasteiger partial charge in [-0.1, -0.05) is 36.0 Å². The summed E-state index contributed by atoms with van der Waals surface area (Å²) in [6.45, 7) is 5.91. The molecular weight excluding hydrogens is 592 g/mol. The van der Waals surface area contributed by atoms with Gasteiger partial charge in [-0.25, -0.2) is 9.97 Å². The Hall–Kier alpha value is -4.77. The number of aryl methyl sites for hydroxylation is 3. The molecule has 4 aromatic rings. The summed E-state index contributed by atoms with van der Waals surface area (Å²) in [5, 5.41) is 3.48. The van der Waals surface area contributed by atoms with Crippen LogP contribution in [0.15, 0.2) is 71.9 Å². The number of anilines is 1. The van der Waals surface area contributed by atoms with Crippen LogP contribution in [0.3, 0.4) is 0 Å². The number of nitrogens with one attached hydrogen (secondary N) is 1. The number of methoxy groups -OCH3 is 4. The van der Waals surface area contributed by atoms with Crippen LogP contribution in [0.25, 0.3) is 0 Å². The van der Waals surface area contributed by atoms with Crippen LogP contribution in [-0.4, -0.2) is 60.9 Å². The molecule has 1 aromatic heterocycles. The molecule has 1 atom stereocenters. The van der Waals surface area contributed by atoms with Crippen molar-refractivity contribution in [3.63, 3.8) is 0 Å². The van der Waals surface area contributed by atoms with Crippen molar-refractivity contribution in [3.8, 4) is 23.0 Å². The molecule has 0 radical (unpaired) electrons. The van der Waals surface area contributed by atoms with E-state index in [1.165, 1.54) is 33.1 Å². The number of ether oxygens (including phenoxy) is 4. The van der Waals surface area contributed by atoms with Gasteiger partial charge in [0, 0.05) is 23.6 Å². The van der Waals surface area contributed by atoms with Crippen LogP contribution in [-0.2, 0) is 16.1 Å². The molecular formula is C34H38N4O6S. The van der Waals surface area contributed by atoms with Crippen LogP contribution < -0.4 is 24.3 Å². The second-order valence-corrected chi connectivity index (χ2v) is 11.2. The van der Waals surface area contributed by atoms with Crippen molar-refractivity contribution in [2.24, 2.45) is 0 Å². The monoisotopic (exact) mass is 630 g/mol. The molecule has 0 saturated heterocycles. The fourth-order valence-electron chi connectivity index (χ4n) is 4.88. The molecule has 11 heteroatoms. The lowest BCUT2D eigenvalue weighted by Gasteiger charge is -2.32. The molecule has 0 aliphatic carbocycles. The van der Waals surface area contributed by atoms with E-state index in [2.05, 4.69) is 15.3 Å². The van der Waals surface area contributed by atoms with E-state index in [9.17, 15) is 9.59 Å². The average molecular weight is 631 g/mol. The third kappa shape index (κ3) is 8.24. The molecule has 0 aliphatic heterocycles. The maximum absolute atomic E-state index is 14.3. The zero-order valence-electron chi connectivity index (χ0n) is 26.5. The van der Waals surface area contributed by atoms with Crippen molar-refractivity contribution in [1.29, 1.82) is 0 Å². The average Bonchev–Trinajstić information content (AvgIpc) is 3.03. The summed E-state index contributed by atoms with van der Waals surface area (Å²) in [6, 6.07) is 18.9. The molecule has 0 saturated carbocycles. The van der Waals surface area contributed by atoms with Crippen molar-refractivity contribution >= 4 is 29.3 Å². The van der Waals surface area contributed by atoms with Crippen LogP contribution in [0.4, 0.5) is 5.69 Å². The van der Waals surface area contributed by atoms with E-state index < -0.39 is 11.9 Å². The number of hydrogen-bond acceptors (Lipinski definition) is 9. The van der Waals surface area contributed by atoms with Gasteiger partial charge in [0.1, 0.15) is 11.8 Å². The highest BCUT2D eigenvalue weighted by molar-refractivity contribution is 7.99. The molecule has 0 bridgehead atoms. The lowest BCUT2D eigenvalue weighted by atomic mass is 10.0. The van der Waals surface area contributed by atoms with Gasteiger partial charge >= 0.3 is 0 Å². The van der Waals surface area contributed by atoms with Gasteiger partial charge in [0.15, 0.2) is 16.7 Å². The van der Waals surface area contributed by atoms with E-state index in [0.717, 1.165) is 22.5 Å². The van der Waals surface area contributed by atoms with E-state index in [0.29, 0.717) is 39.4 Å². The van der Waals surface area contributed by atoms with Gasteiger partial charge in [-0.3, -0.25) is 9.59 Å². The Labute approximate surface area is 268 Å². The fraction of sp³-hybridized carbons (Fsp3) is 0.294. The summed E-state index contributed by atoms with van der Waals surface area (Å²) in [5.74, 6) is 1.03. The highest BCUT2D eigenvalue weighted by Gasteiger charge is 2.34. The molecule has 1 heterocycles. The molecule has 236 valence electrons. The number of carbonyl (C=O) groups excluding carboxylic acids is 2. The summed E-state index contributed by atoms with van der Waals surface area (Å²) in [6.07, 6.45) is 0. The van der Waals surface area contributed by atoms with Gasteiger partial charge in [0.2, 0.25) is 11.7 Å². The number of nitrogens with zero attached hydrogens (tertiary/aromatic N) is 3. The van der Waals surface area contributed by atoms with Gasteiger partial charge in [0.25, 0.3) is 5.91 Å². The Morgan fingerprint density at radius 2 is 1.44 bits per heavy atom. The van der Waals surface area contributed by atoms with Gasteiger partial charge in [-0.15, -0.1) is 0 Å². The Kier molecular flexibility index (Phi) is 11.3. The minimum absolute atomic E-state index is 0.00547. The first-order valence-corrected chi connectivity index (χ1v) is 15.2. The first-order valence-electron chi connectivity index (χ1n) is 14.2. The number of benzene rings is 3. The molecule has 1 N–H and O–H groups in total. The number of amides is 2. The number of thioether (sulfide) groups is 1. The second kappa shape index (κ2) is 15.3. The lowest BCUT2D eigenvalue weighted by Crippen LogP contribution is -2.42. The minimum Gasteiger partial charge on any atom is -0.497 e. The maximum atomic E-state index is 14.3.